The molecule has 0 aromatic carbocycles. The van der Waals surface area contributed by atoms with Crippen molar-refractivity contribution in [2.24, 2.45) is 5.29 Å². The summed E-state index contributed by atoms with van der Waals surface area (Å²) in [6.07, 6.45) is 2.53. The molecule has 92 valence electrons. The molecule has 1 aliphatic rings. The van der Waals surface area contributed by atoms with E-state index in [9.17, 15) is 19.2 Å². The van der Waals surface area contributed by atoms with Gasteiger partial charge in [0.1, 0.15) is 6.67 Å². The fourth-order valence-corrected chi connectivity index (χ4v) is 1.77. The van der Waals surface area contributed by atoms with E-state index in [0.717, 1.165) is 12.8 Å². The number of carbonyl (C=O) groups excluding carboxylic acids is 1. The van der Waals surface area contributed by atoms with Gasteiger partial charge in [-0.25, -0.2) is 9.18 Å². The number of aliphatic hydroxyl groups excluding tert-OH is 1. The molecule has 0 aromatic heterocycles. The standard InChI is InChI=1S/C9H16FN3O3/c10-5-6-13(12-16)9(15)11-7-3-1-2-4-8(7)14/h7-8,14H,1-6H2,(H,11,15)/t7-,8-/m1/s1. The van der Waals surface area contributed by atoms with Crippen LogP contribution >= 0.6 is 0 Å². The van der Waals surface area contributed by atoms with Gasteiger partial charge in [0, 0.05) is 0 Å². The number of carbonyl (C=O) groups is 1. The van der Waals surface area contributed by atoms with E-state index < -0.39 is 18.8 Å². The Morgan fingerprint density at radius 3 is 2.75 bits per heavy atom. The van der Waals surface area contributed by atoms with Crippen molar-refractivity contribution in [1.82, 2.24) is 10.3 Å². The van der Waals surface area contributed by atoms with Crippen molar-refractivity contribution in [3.8, 4) is 0 Å². The third-order valence-electron chi connectivity index (χ3n) is 2.67. The smallest absolute Gasteiger partial charge is 0.340 e. The van der Waals surface area contributed by atoms with Gasteiger partial charge < -0.3 is 10.4 Å². The van der Waals surface area contributed by atoms with Gasteiger partial charge in [0.2, 0.25) is 0 Å². The van der Waals surface area contributed by atoms with Crippen LogP contribution in [0.1, 0.15) is 25.7 Å². The molecular formula is C9H16FN3O3. The molecule has 0 aromatic rings. The van der Waals surface area contributed by atoms with Crippen molar-refractivity contribution in [2.45, 2.75) is 37.8 Å². The Hall–Kier alpha value is -1.24. The van der Waals surface area contributed by atoms with Crippen LogP contribution in [0.15, 0.2) is 5.29 Å². The fraction of sp³-hybridized carbons (Fsp3) is 0.889. The number of aliphatic hydroxyl groups is 1. The van der Waals surface area contributed by atoms with Crippen molar-refractivity contribution >= 4 is 6.03 Å². The number of nitrogens with one attached hydrogen (secondary N) is 1. The first-order chi connectivity index (χ1) is 7.69. The van der Waals surface area contributed by atoms with Gasteiger partial charge in [0.15, 0.2) is 0 Å². The van der Waals surface area contributed by atoms with E-state index in [1.165, 1.54) is 0 Å². The molecule has 0 radical (unpaired) electrons. The molecule has 16 heavy (non-hydrogen) atoms. The third kappa shape index (κ3) is 3.41. The van der Waals surface area contributed by atoms with Gasteiger partial charge in [0.05, 0.1) is 24.0 Å². The average Bonchev–Trinajstić information content (AvgIpc) is 2.29. The molecule has 1 fully saturated rings. The molecule has 6 nitrogen and oxygen atoms in total. The topological polar surface area (TPSA) is 82.0 Å². The van der Waals surface area contributed by atoms with Gasteiger partial charge >= 0.3 is 6.03 Å². The maximum atomic E-state index is 12.0. The van der Waals surface area contributed by atoms with Crippen LogP contribution in [0.3, 0.4) is 0 Å². The SMILES string of the molecule is O=NN(CCF)C(=O)N[C@@H]1CCCC[C@H]1O. The number of alkyl halides is 1. The number of hydrogen-bond donors (Lipinski definition) is 2. The summed E-state index contributed by atoms with van der Waals surface area (Å²) < 4.78 is 12.0. The van der Waals surface area contributed by atoms with Crippen LogP contribution in [0, 0.1) is 4.91 Å². The Morgan fingerprint density at radius 1 is 1.50 bits per heavy atom. The van der Waals surface area contributed by atoms with Crippen LogP contribution in [-0.2, 0) is 0 Å². The van der Waals surface area contributed by atoms with E-state index >= 15 is 0 Å². The van der Waals surface area contributed by atoms with Gasteiger partial charge in [-0.1, -0.05) is 12.8 Å². The number of amides is 2. The first kappa shape index (κ1) is 12.8. The summed E-state index contributed by atoms with van der Waals surface area (Å²) in [7, 11) is 0. The Kier molecular flexibility index (Phi) is 5.10. The molecule has 0 saturated heterocycles. The van der Waals surface area contributed by atoms with Gasteiger partial charge in [0.25, 0.3) is 0 Å². The van der Waals surface area contributed by atoms with Crippen molar-refractivity contribution in [3.63, 3.8) is 0 Å². The van der Waals surface area contributed by atoms with E-state index in [1.54, 1.807) is 0 Å². The largest absolute Gasteiger partial charge is 0.391 e. The zero-order valence-electron chi connectivity index (χ0n) is 8.93. The third-order valence-corrected chi connectivity index (χ3v) is 2.67. The van der Waals surface area contributed by atoms with Crippen molar-refractivity contribution in [1.29, 1.82) is 0 Å². The highest BCUT2D eigenvalue weighted by Gasteiger charge is 2.26. The van der Waals surface area contributed by atoms with Crippen molar-refractivity contribution in [2.75, 3.05) is 13.2 Å². The van der Waals surface area contributed by atoms with Crippen LogP contribution in [0.5, 0.6) is 0 Å². The van der Waals surface area contributed by atoms with Gasteiger partial charge in [-0.15, -0.1) is 4.91 Å². The Balaban J connectivity index is 2.44. The number of urea groups is 1. The number of halogens is 1. The second-order valence-corrected chi connectivity index (χ2v) is 3.80. The van der Waals surface area contributed by atoms with Crippen molar-refractivity contribution in [3.05, 3.63) is 4.91 Å². The Labute approximate surface area is 92.7 Å². The molecule has 2 amide bonds. The molecule has 0 unspecified atom stereocenters. The molecule has 0 aliphatic heterocycles. The van der Waals surface area contributed by atoms with Crippen molar-refractivity contribution < 1.29 is 14.3 Å². The molecule has 7 heteroatoms. The summed E-state index contributed by atoms with van der Waals surface area (Å²) in [5, 5.41) is 15.0. The lowest BCUT2D eigenvalue weighted by atomic mass is 9.93. The van der Waals surface area contributed by atoms with Crippen LogP contribution < -0.4 is 5.32 Å². The summed E-state index contributed by atoms with van der Waals surface area (Å²) in [5.74, 6) is 0. The zero-order valence-corrected chi connectivity index (χ0v) is 8.93. The van der Waals surface area contributed by atoms with E-state index in [-0.39, 0.29) is 12.6 Å². The van der Waals surface area contributed by atoms with E-state index in [0.29, 0.717) is 17.9 Å². The number of hydrogen-bond acceptors (Lipinski definition) is 4. The minimum Gasteiger partial charge on any atom is -0.391 e. The van der Waals surface area contributed by atoms with Crippen LogP contribution in [0.4, 0.5) is 9.18 Å². The highest BCUT2D eigenvalue weighted by molar-refractivity contribution is 5.74. The summed E-state index contributed by atoms with van der Waals surface area (Å²) >= 11 is 0. The normalized spacial score (nSPS) is 24.9. The Bertz CT molecular complexity index is 252. The first-order valence-corrected chi connectivity index (χ1v) is 5.34. The molecule has 1 saturated carbocycles. The highest BCUT2D eigenvalue weighted by Crippen LogP contribution is 2.18. The van der Waals surface area contributed by atoms with Gasteiger partial charge in [-0.2, -0.15) is 5.01 Å². The van der Waals surface area contributed by atoms with E-state index in [2.05, 4.69) is 10.6 Å². The molecule has 2 N–H and O–H groups in total. The summed E-state index contributed by atoms with van der Waals surface area (Å²) in [4.78, 5) is 21.7. The van der Waals surface area contributed by atoms with E-state index in [1.807, 2.05) is 0 Å². The molecule has 2 atom stereocenters. The molecule has 1 rings (SSSR count). The predicted molar refractivity (Wildman–Crippen MR) is 55.3 cm³/mol. The lowest BCUT2D eigenvalue weighted by Crippen LogP contribution is -2.49. The number of rotatable bonds is 4. The molecule has 0 spiro atoms. The van der Waals surface area contributed by atoms with Crippen LogP contribution in [0.2, 0.25) is 0 Å². The molecule has 1 aliphatic carbocycles. The lowest BCUT2D eigenvalue weighted by molar-refractivity contribution is 0.0896. The minimum absolute atomic E-state index is 0.363. The summed E-state index contributed by atoms with van der Waals surface area (Å²) in [6, 6.07) is -1.12. The number of nitrogens with zero attached hydrogens (tertiary/aromatic N) is 2. The quantitative estimate of drug-likeness (QED) is 0.560. The van der Waals surface area contributed by atoms with Gasteiger partial charge in [-0.05, 0) is 12.8 Å². The van der Waals surface area contributed by atoms with Gasteiger partial charge in [-0.3, -0.25) is 0 Å². The summed E-state index contributed by atoms with van der Waals surface area (Å²) in [6.45, 7) is -1.19. The minimum atomic E-state index is -0.827. The monoisotopic (exact) mass is 233 g/mol. The first-order valence-electron chi connectivity index (χ1n) is 5.34. The predicted octanol–water partition coefficient (Wildman–Crippen LogP) is 0.952. The summed E-state index contributed by atoms with van der Waals surface area (Å²) in [5.41, 5.74) is 0. The maximum absolute atomic E-state index is 12.0. The van der Waals surface area contributed by atoms with E-state index in [4.69, 9.17) is 0 Å². The zero-order chi connectivity index (χ0) is 12.0. The lowest BCUT2D eigenvalue weighted by Gasteiger charge is -2.29. The Morgan fingerprint density at radius 2 is 2.19 bits per heavy atom. The maximum Gasteiger partial charge on any atom is 0.340 e. The van der Waals surface area contributed by atoms with Crippen LogP contribution in [-0.4, -0.2) is 41.5 Å². The van der Waals surface area contributed by atoms with Crippen LogP contribution in [0.25, 0.3) is 0 Å². The molecular weight excluding hydrogens is 217 g/mol. The second kappa shape index (κ2) is 6.37. The molecule has 0 bridgehead atoms. The highest BCUT2D eigenvalue weighted by atomic mass is 19.1. The second-order valence-electron chi connectivity index (χ2n) is 3.80. The molecule has 0 heterocycles. The number of nitroso groups, excluding NO2 is 1. The fourth-order valence-electron chi connectivity index (χ4n) is 1.77. The average molecular weight is 233 g/mol.